The predicted molar refractivity (Wildman–Crippen MR) is 83.8 cm³/mol. The summed E-state index contributed by atoms with van der Waals surface area (Å²) in [5.74, 6) is 1.09. The lowest BCUT2D eigenvalue weighted by atomic mass is 10.0. The second-order valence-electron chi connectivity index (χ2n) is 6.15. The van der Waals surface area contributed by atoms with Gasteiger partial charge >= 0.3 is 0 Å². The summed E-state index contributed by atoms with van der Waals surface area (Å²) in [5.41, 5.74) is 2.19. The zero-order chi connectivity index (χ0) is 15.6. The highest BCUT2D eigenvalue weighted by atomic mass is 16.5. The molecule has 0 bridgehead atoms. The van der Waals surface area contributed by atoms with Crippen molar-refractivity contribution in [2.24, 2.45) is 5.92 Å². The van der Waals surface area contributed by atoms with E-state index in [1.807, 2.05) is 0 Å². The van der Waals surface area contributed by atoms with Crippen molar-refractivity contribution in [3.05, 3.63) is 40.2 Å². The van der Waals surface area contributed by atoms with Crippen molar-refractivity contribution in [2.45, 2.75) is 19.4 Å². The fraction of sp³-hybridized carbons (Fsp3) is 0.500. The molecule has 0 aliphatic carbocycles. The van der Waals surface area contributed by atoms with E-state index >= 15 is 0 Å². The van der Waals surface area contributed by atoms with E-state index in [1.165, 1.54) is 0 Å². The maximum atomic E-state index is 12.4. The molecule has 2 aliphatic heterocycles. The quantitative estimate of drug-likeness (QED) is 0.894. The largest absolute Gasteiger partial charge is 0.381 e. The van der Waals surface area contributed by atoms with E-state index in [0.717, 1.165) is 50.4 Å². The lowest BCUT2D eigenvalue weighted by molar-refractivity contribution is 0.161. The number of fused-ring (bicyclic) bond motifs is 1. The Morgan fingerprint density at radius 3 is 3.13 bits per heavy atom. The van der Waals surface area contributed by atoms with E-state index in [-0.39, 0.29) is 5.56 Å². The molecule has 1 saturated heterocycles. The first-order valence-electron chi connectivity index (χ1n) is 7.98. The number of aromatic amines is 1. The van der Waals surface area contributed by atoms with Gasteiger partial charge < -0.3 is 9.72 Å². The number of hydrogen-bond donors (Lipinski definition) is 1. The SMILES string of the molecule is O=c1[nH]c(-c2cnccn2)nc2c1CN(C[C@@H]1CCOC1)CC2. The lowest BCUT2D eigenvalue weighted by Gasteiger charge is -2.29. The molecule has 0 saturated carbocycles. The molecule has 0 spiro atoms. The number of nitrogens with zero attached hydrogens (tertiary/aromatic N) is 4. The number of rotatable bonds is 3. The van der Waals surface area contributed by atoms with Crippen LogP contribution in [0, 0.1) is 5.92 Å². The second-order valence-corrected chi connectivity index (χ2v) is 6.15. The summed E-state index contributed by atoms with van der Waals surface area (Å²) in [4.78, 5) is 30.5. The number of aromatic nitrogens is 4. The summed E-state index contributed by atoms with van der Waals surface area (Å²) >= 11 is 0. The van der Waals surface area contributed by atoms with E-state index in [0.29, 0.717) is 24.0 Å². The van der Waals surface area contributed by atoms with Gasteiger partial charge in [0.1, 0.15) is 5.69 Å². The smallest absolute Gasteiger partial charge is 0.255 e. The van der Waals surface area contributed by atoms with Crippen molar-refractivity contribution in [2.75, 3.05) is 26.3 Å². The van der Waals surface area contributed by atoms with E-state index in [1.54, 1.807) is 18.6 Å². The van der Waals surface area contributed by atoms with Gasteiger partial charge in [-0.1, -0.05) is 0 Å². The molecule has 7 nitrogen and oxygen atoms in total. The highest BCUT2D eigenvalue weighted by Gasteiger charge is 2.25. The molecule has 0 amide bonds. The summed E-state index contributed by atoms with van der Waals surface area (Å²) < 4.78 is 5.44. The fourth-order valence-corrected chi connectivity index (χ4v) is 3.27. The van der Waals surface area contributed by atoms with Crippen molar-refractivity contribution in [1.29, 1.82) is 0 Å². The van der Waals surface area contributed by atoms with Gasteiger partial charge in [-0.05, 0) is 12.3 Å². The molecule has 0 aromatic carbocycles. The van der Waals surface area contributed by atoms with Crippen LogP contribution in [-0.4, -0.2) is 51.1 Å². The number of H-pyrrole nitrogens is 1. The first kappa shape index (κ1) is 14.5. The molecule has 2 aromatic heterocycles. The van der Waals surface area contributed by atoms with Gasteiger partial charge in [0.25, 0.3) is 5.56 Å². The molecule has 4 heterocycles. The normalized spacial score (nSPS) is 21.3. The highest BCUT2D eigenvalue weighted by molar-refractivity contribution is 5.47. The summed E-state index contributed by atoms with van der Waals surface area (Å²) in [7, 11) is 0. The van der Waals surface area contributed by atoms with Crippen molar-refractivity contribution in [3.8, 4) is 11.5 Å². The summed E-state index contributed by atoms with van der Waals surface area (Å²) in [5, 5.41) is 0. The zero-order valence-electron chi connectivity index (χ0n) is 12.9. The molecular formula is C16H19N5O2. The zero-order valence-corrected chi connectivity index (χ0v) is 12.9. The van der Waals surface area contributed by atoms with Crippen LogP contribution >= 0.6 is 0 Å². The van der Waals surface area contributed by atoms with Crippen LogP contribution in [0.5, 0.6) is 0 Å². The molecule has 1 atom stereocenters. The van der Waals surface area contributed by atoms with Crippen LogP contribution in [0.25, 0.3) is 11.5 Å². The summed E-state index contributed by atoms with van der Waals surface area (Å²) in [6, 6.07) is 0. The maximum Gasteiger partial charge on any atom is 0.255 e. The number of ether oxygens (including phenoxy) is 1. The molecule has 0 radical (unpaired) electrons. The molecule has 4 rings (SSSR count). The Kier molecular flexibility index (Phi) is 3.88. The van der Waals surface area contributed by atoms with Gasteiger partial charge in [0.15, 0.2) is 5.82 Å². The third-order valence-corrected chi connectivity index (χ3v) is 4.49. The molecule has 2 aliphatic rings. The molecule has 120 valence electrons. The molecule has 1 N–H and O–H groups in total. The molecule has 7 heteroatoms. The van der Waals surface area contributed by atoms with Crippen LogP contribution in [0.15, 0.2) is 23.4 Å². The van der Waals surface area contributed by atoms with Crippen LogP contribution in [0.3, 0.4) is 0 Å². The third kappa shape index (κ3) is 3.02. The average Bonchev–Trinajstić information content (AvgIpc) is 3.09. The number of nitrogens with one attached hydrogen (secondary N) is 1. The van der Waals surface area contributed by atoms with E-state index in [9.17, 15) is 4.79 Å². The van der Waals surface area contributed by atoms with Crippen LogP contribution in [0.2, 0.25) is 0 Å². The Morgan fingerprint density at radius 1 is 1.39 bits per heavy atom. The Bertz CT molecular complexity index is 740. The van der Waals surface area contributed by atoms with Crippen molar-refractivity contribution in [1.82, 2.24) is 24.8 Å². The van der Waals surface area contributed by atoms with Crippen LogP contribution in [0.4, 0.5) is 0 Å². The van der Waals surface area contributed by atoms with Crippen molar-refractivity contribution >= 4 is 0 Å². The van der Waals surface area contributed by atoms with Crippen molar-refractivity contribution < 1.29 is 4.74 Å². The fourth-order valence-electron chi connectivity index (χ4n) is 3.27. The standard InChI is InChI=1S/C16H19N5O2/c22-16-12-9-21(8-11-2-6-23-10-11)5-1-13(12)19-15(20-16)14-7-17-3-4-18-14/h3-4,7,11H,1-2,5-6,8-10H2,(H,19,20,22)/t11-/m0/s1. The minimum absolute atomic E-state index is 0.0666. The van der Waals surface area contributed by atoms with E-state index in [4.69, 9.17) is 4.74 Å². The minimum Gasteiger partial charge on any atom is -0.381 e. The van der Waals surface area contributed by atoms with Gasteiger partial charge in [-0.3, -0.25) is 14.7 Å². The maximum absolute atomic E-state index is 12.4. The van der Waals surface area contributed by atoms with E-state index in [2.05, 4.69) is 24.8 Å². The minimum atomic E-state index is -0.0666. The van der Waals surface area contributed by atoms with Gasteiger partial charge in [-0.15, -0.1) is 0 Å². The van der Waals surface area contributed by atoms with Crippen molar-refractivity contribution in [3.63, 3.8) is 0 Å². The first-order valence-corrected chi connectivity index (χ1v) is 7.98. The Labute approximate surface area is 133 Å². The number of hydrogen-bond acceptors (Lipinski definition) is 6. The van der Waals surface area contributed by atoms with Crippen LogP contribution in [0.1, 0.15) is 17.7 Å². The Balaban J connectivity index is 1.57. The summed E-state index contributed by atoms with van der Waals surface area (Å²) in [6.45, 7) is 4.28. The van der Waals surface area contributed by atoms with Gasteiger partial charge in [0.2, 0.25) is 0 Å². The molecular weight excluding hydrogens is 294 g/mol. The average molecular weight is 313 g/mol. The van der Waals surface area contributed by atoms with E-state index < -0.39 is 0 Å². The second kappa shape index (κ2) is 6.17. The van der Waals surface area contributed by atoms with Crippen LogP contribution < -0.4 is 5.56 Å². The van der Waals surface area contributed by atoms with Gasteiger partial charge in [0.05, 0.1) is 24.1 Å². The molecule has 0 unspecified atom stereocenters. The molecule has 23 heavy (non-hydrogen) atoms. The first-order chi connectivity index (χ1) is 11.3. The third-order valence-electron chi connectivity index (χ3n) is 4.49. The lowest BCUT2D eigenvalue weighted by Crippen LogP contribution is -2.38. The highest BCUT2D eigenvalue weighted by Crippen LogP contribution is 2.20. The monoisotopic (exact) mass is 313 g/mol. The molecule has 1 fully saturated rings. The van der Waals surface area contributed by atoms with Gasteiger partial charge in [-0.2, -0.15) is 0 Å². The predicted octanol–water partition coefficient (Wildman–Crippen LogP) is 0.621. The summed E-state index contributed by atoms with van der Waals surface area (Å²) in [6.07, 6.45) is 6.72. The van der Waals surface area contributed by atoms with Crippen LogP contribution in [-0.2, 0) is 17.7 Å². The topological polar surface area (TPSA) is 84.0 Å². The van der Waals surface area contributed by atoms with Gasteiger partial charge in [0, 0.05) is 45.1 Å². The Hall–Kier alpha value is -2.12. The van der Waals surface area contributed by atoms with Gasteiger partial charge in [-0.25, -0.2) is 9.97 Å². The Morgan fingerprint density at radius 2 is 2.35 bits per heavy atom. The molecule has 2 aromatic rings.